The summed E-state index contributed by atoms with van der Waals surface area (Å²) in [6.45, 7) is 0.531. The Hall–Kier alpha value is -1.49. The van der Waals surface area contributed by atoms with Crippen LogP contribution >= 0.6 is 11.3 Å². The van der Waals surface area contributed by atoms with E-state index in [4.69, 9.17) is 5.73 Å². The van der Waals surface area contributed by atoms with Crippen molar-refractivity contribution in [2.45, 2.75) is 57.5 Å². The molecule has 3 N–H and O–H groups in total. The molecule has 0 bridgehead atoms. The van der Waals surface area contributed by atoms with E-state index in [0.717, 1.165) is 43.4 Å². The van der Waals surface area contributed by atoms with Crippen LogP contribution in [0.2, 0.25) is 0 Å². The van der Waals surface area contributed by atoms with E-state index < -0.39 is 0 Å². The summed E-state index contributed by atoms with van der Waals surface area (Å²) >= 11 is 1.60. The second-order valence-corrected chi connectivity index (χ2v) is 7.67. The van der Waals surface area contributed by atoms with Crippen molar-refractivity contribution >= 4 is 17.1 Å². The van der Waals surface area contributed by atoms with E-state index >= 15 is 0 Å². The average molecular weight is 360 g/mol. The maximum atomic E-state index is 12.3. The van der Waals surface area contributed by atoms with Gasteiger partial charge in [-0.3, -0.25) is 4.79 Å². The highest BCUT2D eigenvalue weighted by molar-refractivity contribution is 7.14. The van der Waals surface area contributed by atoms with Crippen LogP contribution in [0.15, 0.2) is 42.5 Å². The lowest BCUT2D eigenvalue weighted by atomic mass is 10.1. The SMILES string of the molecule is NCCC(O)CCCc1ccc(C(=O)CCCCc2ccccc2)s1. The van der Waals surface area contributed by atoms with Gasteiger partial charge in [0.15, 0.2) is 5.78 Å². The number of benzene rings is 1. The van der Waals surface area contributed by atoms with E-state index in [1.54, 1.807) is 11.3 Å². The highest BCUT2D eigenvalue weighted by atomic mass is 32.1. The number of thiophene rings is 1. The fraction of sp³-hybridized carbons (Fsp3) is 0.476. The Balaban J connectivity index is 1.65. The normalized spacial score (nSPS) is 12.2. The lowest BCUT2D eigenvalue weighted by molar-refractivity contribution is 0.0983. The summed E-state index contributed by atoms with van der Waals surface area (Å²) in [5.41, 5.74) is 6.77. The highest BCUT2D eigenvalue weighted by Crippen LogP contribution is 2.21. The number of carbonyl (C=O) groups excluding carboxylic acids is 1. The van der Waals surface area contributed by atoms with Gasteiger partial charge in [0.25, 0.3) is 0 Å². The Labute approximate surface area is 154 Å². The van der Waals surface area contributed by atoms with Gasteiger partial charge in [0.1, 0.15) is 0 Å². The minimum atomic E-state index is -0.296. The van der Waals surface area contributed by atoms with Crippen LogP contribution in [0.5, 0.6) is 0 Å². The van der Waals surface area contributed by atoms with Crippen molar-refractivity contribution in [2.24, 2.45) is 5.73 Å². The van der Waals surface area contributed by atoms with Crippen LogP contribution in [-0.2, 0) is 12.8 Å². The smallest absolute Gasteiger partial charge is 0.172 e. The first-order valence-electron chi connectivity index (χ1n) is 9.23. The molecule has 0 saturated heterocycles. The molecule has 0 aliphatic carbocycles. The molecular formula is C21H29NO2S. The molecule has 0 fully saturated rings. The maximum absolute atomic E-state index is 12.3. The minimum absolute atomic E-state index is 0.257. The van der Waals surface area contributed by atoms with Crippen LogP contribution in [0, 0.1) is 0 Å². The van der Waals surface area contributed by atoms with Gasteiger partial charge in [0.05, 0.1) is 11.0 Å². The second kappa shape index (κ2) is 11.2. The van der Waals surface area contributed by atoms with E-state index in [9.17, 15) is 9.90 Å². The zero-order chi connectivity index (χ0) is 17.9. The van der Waals surface area contributed by atoms with Gasteiger partial charge in [0.2, 0.25) is 0 Å². The number of carbonyl (C=O) groups is 1. The van der Waals surface area contributed by atoms with Crippen molar-refractivity contribution in [3.63, 3.8) is 0 Å². The van der Waals surface area contributed by atoms with Crippen LogP contribution in [-0.4, -0.2) is 23.5 Å². The van der Waals surface area contributed by atoms with Crippen molar-refractivity contribution in [1.82, 2.24) is 0 Å². The summed E-state index contributed by atoms with van der Waals surface area (Å²) in [7, 11) is 0. The third kappa shape index (κ3) is 7.51. The van der Waals surface area contributed by atoms with Crippen molar-refractivity contribution in [1.29, 1.82) is 0 Å². The van der Waals surface area contributed by atoms with Gasteiger partial charge in [-0.15, -0.1) is 11.3 Å². The molecule has 25 heavy (non-hydrogen) atoms. The number of aliphatic hydroxyl groups excluding tert-OH is 1. The summed E-state index contributed by atoms with van der Waals surface area (Å²) in [6.07, 6.45) is 6.65. The predicted octanol–water partition coefficient (Wildman–Crippen LogP) is 4.38. The summed E-state index contributed by atoms with van der Waals surface area (Å²) in [5.74, 6) is 0.257. The molecule has 0 radical (unpaired) electrons. The third-order valence-electron chi connectivity index (χ3n) is 4.36. The lowest BCUT2D eigenvalue weighted by Gasteiger charge is -2.07. The standard InChI is InChI=1S/C21H29NO2S/c22-16-15-18(23)10-6-11-19-13-14-21(25-19)20(24)12-5-4-9-17-7-2-1-3-8-17/h1-3,7-8,13-14,18,23H,4-6,9-12,15-16,22H2. The second-order valence-electron chi connectivity index (χ2n) is 6.51. The number of nitrogens with two attached hydrogens (primary N) is 1. The number of hydrogen-bond donors (Lipinski definition) is 2. The van der Waals surface area contributed by atoms with Crippen LogP contribution in [0.25, 0.3) is 0 Å². The molecule has 1 aromatic carbocycles. The monoisotopic (exact) mass is 359 g/mol. The Bertz CT molecular complexity index is 624. The summed E-state index contributed by atoms with van der Waals surface area (Å²) in [6, 6.07) is 14.4. The molecule has 0 spiro atoms. The molecule has 0 saturated carbocycles. The van der Waals surface area contributed by atoms with E-state index in [1.807, 2.05) is 12.1 Å². The first-order chi connectivity index (χ1) is 12.2. The number of Topliss-reactive ketones (excluding diaryl/α,β-unsaturated/α-hetero) is 1. The van der Waals surface area contributed by atoms with Gasteiger partial charge >= 0.3 is 0 Å². The molecule has 2 rings (SSSR count). The number of aliphatic hydroxyl groups is 1. The van der Waals surface area contributed by atoms with E-state index in [2.05, 4.69) is 30.3 Å². The van der Waals surface area contributed by atoms with Crippen LogP contribution in [0.4, 0.5) is 0 Å². The molecule has 1 atom stereocenters. The van der Waals surface area contributed by atoms with Gasteiger partial charge < -0.3 is 10.8 Å². The molecule has 136 valence electrons. The van der Waals surface area contributed by atoms with Gasteiger partial charge in [-0.25, -0.2) is 0 Å². The Kier molecular flexibility index (Phi) is 8.87. The van der Waals surface area contributed by atoms with E-state index in [0.29, 0.717) is 19.4 Å². The molecule has 4 heteroatoms. The number of aryl methyl sites for hydroxylation is 2. The number of ketones is 1. The molecule has 3 nitrogen and oxygen atoms in total. The Morgan fingerprint density at radius 1 is 1.00 bits per heavy atom. The number of rotatable bonds is 12. The van der Waals surface area contributed by atoms with Gasteiger partial charge in [-0.1, -0.05) is 30.3 Å². The third-order valence-corrected chi connectivity index (χ3v) is 5.55. The molecule has 0 aliphatic heterocycles. The van der Waals surface area contributed by atoms with Gasteiger partial charge in [-0.05, 0) is 69.2 Å². The summed E-state index contributed by atoms with van der Waals surface area (Å²) in [4.78, 5) is 14.4. The molecule has 1 aromatic heterocycles. The Morgan fingerprint density at radius 2 is 1.80 bits per heavy atom. The largest absolute Gasteiger partial charge is 0.393 e. The first-order valence-corrected chi connectivity index (χ1v) is 10.0. The van der Waals surface area contributed by atoms with E-state index in [-0.39, 0.29) is 11.9 Å². The molecule has 1 heterocycles. The van der Waals surface area contributed by atoms with E-state index in [1.165, 1.54) is 10.4 Å². The molecule has 0 aliphatic rings. The fourth-order valence-corrected chi connectivity index (χ4v) is 3.91. The molecule has 2 aromatic rings. The zero-order valence-corrected chi connectivity index (χ0v) is 15.6. The predicted molar refractivity (Wildman–Crippen MR) is 105 cm³/mol. The van der Waals surface area contributed by atoms with Gasteiger partial charge in [0, 0.05) is 11.3 Å². The topological polar surface area (TPSA) is 63.3 Å². The van der Waals surface area contributed by atoms with Crippen molar-refractivity contribution < 1.29 is 9.90 Å². The fourth-order valence-electron chi connectivity index (χ4n) is 2.89. The molecular weight excluding hydrogens is 330 g/mol. The number of unbranched alkanes of at least 4 members (excludes halogenated alkanes) is 1. The quantitative estimate of drug-likeness (QED) is 0.437. The number of hydrogen-bond acceptors (Lipinski definition) is 4. The molecule has 1 unspecified atom stereocenters. The maximum Gasteiger partial charge on any atom is 0.172 e. The summed E-state index contributed by atoms with van der Waals surface area (Å²) < 4.78 is 0. The lowest BCUT2D eigenvalue weighted by Crippen LogP contribution is -2.13. The first kappa shape index (κ1) is 19.8. The molecule has 0 amide bonds. The van der Waals surface area contributed by atoms with Crippen LogP contribution in [0.1, 0.15) is 58.6 Å². The summed E-state index contributed by atoms with van der Waals surface area (Å²) in [5, 5.41) is 9.69. The van der Waals surface area contributed by atoms with Crippen LogP contribution in [0.3, 0.4) is 0 Å². The highest BCUT2D eigenvalue weighted by Gasteiger charge is 2.10. The van der Waals surface area contributed by atoms with Crippen molar-refractivity contribution in [3.05, 3.63) is 57.8 Å². The minimum Gasteiger partial charge on any atom is -0.393 e. The average Bonchev–Trinajstić information content (AvgIpc) is 3.09. The van der Waals surface area contributed by atoms with Gasteiger partial charge in [-0.2, -0.15) is 0 Å². The zero-order valence-electron chi connectivity index (χ0n) is 14.8. The van der Waals surface area contributed by atoms with Crippen molar-refractivity contribution in [2.75, 3.05) is 6.54 Å². The van der Waals surface area contributed by atoms with Crippen molar-refractivity contribution in [3.8, 4) is 0 Å². The van der Waals surface area contributed by atoms with Crippen LogP contribution < -0.4 is 5.73 Å². The Morgan fingerprint density at radius 3 is 2.56 bits per heavy atom.